The summed E-state index contributed by atoms with van der Waals surface area (Å²) in [4.78, 5) is 32.0. The highest BCUT2D eigenvalue weighted by molar-refractivity contribution is 5.86. The zero-order valence-corrected chi connectivity index (χ0v) is 8.87. The van der Waals surface area contributed by atoms with Gasteiger partial charge in [0.2, 0.25) is 11.8 Å². The normalized spacial score (nSPS) is 11.6. The van der Waals surface area contributed by atoms with Crippen molar-refractivity contribution in [3.8, 4) is 0 Å². The number of hydrogen-bond donors (Lipinski definition) is 3. The van der Waals surface area contributed by atoms with Gasteiger partial charge < -0.3 is 15.7 Å². The van der Waals surface area contributed by atoms with Gasteiger partial charge in [-0.2, -0.15) is 0 Å². The number of carbonyl (C=O) groups is 3. The number of rotatable bonds is 6. The molecule has 2 amide bonds. The molecule has 0 aliphatic rings. The minimum atomic E-state index is -0.890. The molecule has 86 valence electrons. The lowest BCUT2D eigenvalue weighted by Gasteiger charge is -2.12. The van der Waals surface area contributed by atoms with Crippen LogP contribution in [0.1, 0.15) is 26.7 Å². The van der Waals surface area contributed by atoms with Gasteiger partial charge >= 0.3 is 5.97 Å². The Bertz CT molecular complexity index is 252. The first-order valence-corrected chi connectivity index (χ1v) is 4.70. The van der Waals surface area contributed by atoms with Crippen molar-refractivity contribution in [1.82, 2.24) is 10.6 Å². The molecule has 0 aromatic rings. The highest BCUT2D eigenvalue weighted by atomic mass is 16.4. The van der Waals surface area contributed by atoms with E-state index in [-0.39, 0.29) is 18.2 Å². The van der Waals surface area contributed by atoms with Crippen LogP contribution in [0.4, 0.5) is 0 Å². The van der Waals surface area contributed by atoms with Gasteiger partial charge in [0.05, 0.1) is 0 Å². The summed E-state index contributed by atoms with van der Waals surface area (Å²) in [6, 6.07) is -0.590. The van der Waals surface area contributed by atoms with Crippen LogP contribution in [0.2, 0.25) is 0 Å². The van der Waals surface area contributed by atoms with Crippen LogP contribution in [0.25, 0.3) is 0 Å². The lowest BCUT2D eigenvalue weighted by Crippen LogP contribution is -2.44. The van der Waals surface area contributed by atoms with Crippen molar-refractivity contribution in [1.29, 1.82) is 0 Å². The van der Waals surface area contributed by atoms with E-state index in [1.807, 2.05) is 0 Å². The largest absolute Gasteiger partial charge is 0.481 e. The molecule has 0 rings (SSSR count). The topological polar surface area (TPSA) is 95.5 Å². The monoisotopic (exact) mass is 216 g/mol. The molecule has 0 bridgehead atoms. The van der Waals surface area contributed by atoms with Crippen molar-refractivity contribution >= 4 is 17.8 Å². The fourth-order valence-corrected chi connectivity index (χ4v) is 0.975. The van der Waals surface area contributed by atoms with E-state index in [0.717, 1.165) is 0 Å². The Morgan fingerprint density at radius 2 is 1.93 bits per heavy atom. The van der Waals surface area contributed by atoms with Crippen molar-refractivity contribution in [2.24, 2.45) is 0 Å². The molecule has 0 saturated heterocycles. The molecule has 1 unspecified atom stereocenters. The fourth-order valence-electron chi connectivity index (χ4n) is 0.975. The molecule has 0 fully saturated rings. The molecule has 0 aromatic heterocycles. The number of aliphatic carboxylic acids is 1. The van der Waals surface area contributed by atoms with E-state index in [1.165, 1.54) is 6.92 Å². The second-order valence-corrected chi connectivity index (χ2v) is 3.21. The molecule has 0 aromatic carbocycles. The smallest absolute Gasteiger partial charge is 0.303 e. The van der Waals surface area contributed by atoms with Crippen molar-refractivity contribution in [2.45, 2.75) is 32.7 Å². The zero-order valence-electron chi connectivity index (χ0n) is 8.87. The van der Waals surface area contributed by atoms with Gasteiger partial charge in [-0.15, -0.1) is 0 Å². The van der Waals surface area contributed by atoms with Gasteiger partial charge in [-0.25, -0.2) is 0 Å². The van der Waals surface area contributed by atoms with Crippen molar-refractivity contribution < 1.29 is 19.5 Å². The number of carboxylic acid groups (broad SMARTS) is 1. The van der Waals surface area contributed by atoms with Crippen LogP contribution < -0.4 is 10.6 Å². The predicted molar refractivity (Wildman–Crippen MR) is 53.2 cm³/mol. The molecule has 0 aliphatic heterocycles. The summed E-state index contributed by atoms with van der Waals surface area (Å²) >= 11 is 0. The number of carboxylic acids is 1. The Morgan fingerprint density at radius 3 is 2.40 bits per heavy atom. The zero-order chi connectivity index (χ0) is 11.8. The summed E-state index contributed by atoms with van der Waals surface area (Å²) in [6.07, 6.45) is 0.405. The predicted octanol–water partition coefficient (Wildman–Crippen LogP) is -0.508. The number of nitrogens with one attached hydrogen (secondary N) is 2. The average molecular weight is 216 g/mol. The second-order valence-electron chi connectivity index (χ2n) is 3.21. The van der Waals surface area contributed by atoms with Gasteiger partial charge in [0.15, 0.2) is 0 Å². The summed E-state index contributed by atoms with van der Waals surface area (Å²) in [5, 5.41) is 13.3. The van der Waals surface area contributed by atoms with Gasteiger partial charge in [0.1, 0.15) is 6.04 Å². The summed E-state index contributed by atoms with van der Waals surface area (Å²) in [7, 11) is 0. The molecule has 0 radical (unpaired) electrons. The van der Waals surface area contributed by atoms with Crippen molar-refractivity contribution in [2.75, 3.05) is 6.54 Å². The maximum absolute atomic E-state index is 11.2. The summed E-state index contributed by atoms with van der Waals surface area (Å²) < 4.78 is 0. The number of carbonyl (C=O) groups excluding carboxylic acids is 2. The molecule has 0 spiro atoms. The molecule has 15 heavy (non-hydrogen) atoms. The molecular weight excluding hydrogens is 200 g/mol. The molecular formula is C9H16N2O4. The van der Waals surface area contributed by atoms with Crippen LogP contribution in [0.15, 0.2) is 0 Å². The fraction of sp³-hybridized carbons (Fsp3) is 0.667. The maximum Gasteiger partial charge on any atom is 0.303 e. The van der Waals surface area contributed by atoms with E-state index >= 15 is 0 Å². The van der Waals surface area contributed by atoms with Crippen molar-refractivity contribution in [3.05, 3.63) is 0 Å². The van der Waals surface area contributed by atoms with Crippen LogP contribution in [-0.4, -0.2) is 35.5 Å². The third-order valence-electron chi connectivity index (χ3n) is 1.68. The minimum absolute atomic E-state index is 0.0226. The van der Waals surface area contributed by atoms with Crippen LogP contribution in [0.5, 0.6) is 0 Å². The molecule has 0 heterocycles. The van der Waals surface area contributed by atoms with E-state index in [2.05, 4.69) is 10.6 Å². The van der Waals surface area contributed by atoms with E-state index in [1.54, 1.807) is 6.92 Å². The highest BCUT2D eigenvalue weighted by Gasteiger charge is 2.12. The average Bonchev–Trinajstić information content (AvgIpc) is 2.10. The Labute approximate surface area is 88.0 Å². The first-order valence-electron chi connectivity index (χ1n) is 4.70. The lowest BCUT2D eigenvalue weighted by atomic mass is 10.3. The van der Waals surface area contributed by atoms with Gasteiger partial charge in [-0.3, -0.25) is 14.4 Å². The van der Waals surface area contributed by atoms with Crippen LogP contribution >= 0.6 is 0 Å². The Hall–Kier alpha value is -1.59. The Morgan fingerprint density at radius 1 is 1.33 bits per heavy atom. The van der Waals surface area contributed by atoms with E-state index in [9.17, 15) is 14.4 Å². The van der Waals surface area contributed by atoms with Crippen LogP contribution in [0, 0.1) is 0 Å². The van der Waals surface area contributed by atoms with Gasteiger partial charge in [-0.1, -0.05) is 0 Å². The number of amides is 2. The molecule has 0 aliphatic carbocycles. The van der Waals surface area contributed by atoms with Gasteiger partial charge in [0.25, 0.3) is 0 Å². The second kappa shape index (κ2) is 6.80. The Kier molecular flexibility index (Phi) is 6.08. The molecule has 3 N–H and O–H groups in total. The first-order chi connectivity index (χ1) is 6.93. The molecule has 6 heteroatoms. The molecule has 0 saturated carbocycles. The molecule has 1 atom stereocenters. The first kappa shape index (κ1) is 13.4. The SMILES string of the molecule is CC(=O)NC(C)C(=O)NCCCC(=O)O. The lowest BCUT2D eigenvalue weighted by molar-refractivity contribution is -0.137. The van der Waals surface area contributed by atoms with E-state index in [4.69, 9.17) is 5.11 Å². The summed E-state index contributed by atoms with van der Waals surface area (Å²) in [6.45, 7) is 3.19. The van der Waals surface area contributed by atoms with Gasteiger partial charge in [-0.05, 0) is 13.3 Å². The highest BCUT2D eigenvalue weighted by Crippen LogP contribution is 1.87. The van der Waals surface area contributed by atoms with Crippen LogP contribution in [0.3, 0.4) is 0 Å². The minimum Gasteiger partial charge on any atom is -0.481 e. The van der Waals surface area contributed by atoms with E-state index in [0.29, 0.717) is 13.0 Å². The van der Waals surface area contributed by atoms with E-state index < -0.39 is 12.0 Å². The third kappa shape index (κ3) is 7.48. The summed E-state index contributed by atoms with van der Waals surface area (Å²) in [5.74, 6) is -1.47. The maximum atomic E-state index is 11.2. The van der Waals surface area contributed by atoms with Crippen molar-refractivity contribution in [3.63, 3.8) is 0 Å². The quantitative estimate of drug-likeness (QED) is 0.521. The summed E-state index contributed by atoms with van der Waals surface area (Å²) in [5.41, 5.74) is 0. The Balaban J connectivity index is 3.64. The standard InChI is InChI=1S/C9H16N2O4/c1-6(11-7(2)12)9(15)10-5-3-4-8(13)14/h6H,3-5H2,1-2H3,(H,10,15)(H,11,12)(H,13,14). The number of hydrogen-bond acceptors (Lipinski definition) is 3. The van der Waals surface area contributed by atoms with Gasteiger partial charge in [0, 0.05) is 19.9 Å². The third-order valence-corrected chi connectivity index (χ3v) is 1.68. The molecule has 6 nitrogen and oxygen atoms in total. The van der Waals surface area contributed by atoms with Crippen LogP contribution in [-0.2, 0) is 14.4 Å².